The van der Waals surface area contributed by atoms with E-state index in [0.29, 0.717) is 0 Å². The minimum Gasteiger partial charge on any atom is -0.481 e. The summed E-state index contributed by atoms with van der Waals surface area (Å²) in [6.45, 7) is 15.5. The Morgan fingerprint density at radius 1 is 0.929 bits per heavy atom. The highest BCUT2D eigenvalue weighted by Crippen LogP contribution is 2.26. The van der Waals surface area contributed by atoms with Crippen LogP contribution in [0, 0.1) is 34.6 Å². The molecule has 0 aliphatic carbocycles. The van der Waals surface area contributed by atoms with Crippen molar-refractivity contribution >= 4 is 11.6 Å². The third-order valence-electron chi connectivity index (χ3n) is 5.92. The predicted molar refractivity (Wildman–Crippen MR) is 115 cm³/mol. The summed E-state index contributed by atoms with van der Waals surface area (Å²) in [6, 6.07) is 10.6. The lowest BCUT2D eigenvalue weighted by atomic mass is 10.1. The average Bonchev–Trinajstić information content (AvgIpc) is 2.67. The van der Waals surface area contributed by atoms with Crippen molar-refractivity contribution in [2.24, 2.45) is 0 Å². The minimum atomic E-state index is -0.479. The smallest absolute Gasteiger partial charge is 0.263 e. The second kappa shape index (κ2) is 8.26. The third kappa shape index (κ3) is 4.16. The molecule has 4 heteroatoms. The lowest BCUT2D eigenvalue weighted by Gasteiger charge is -2.38. The van der Waals surface area contributed by atoms with Gasteiger partial charge in [-0.05, 0) is 81.5 Å². The third-order valence-corrected chi connectivity index (χ3v) is 5.92. The summed E-state index contributed by atoms with van der Waals surface area (Å²) >= 11 is 0. The molecule has 2 aromatic carbocycles. The lowest BCUT2D eigenvalue weighted by molar-refractivity contribution is -0.138. The van der Waals surface area contributed by atoms with Crippen LogP contribution < -0.4 is 9.64 Å². The van der Waals surface area contributed by atoms with Crippen molar-refractivity contribution in [1.29, 1.82) is 0 Å². The molecule has 4 nitrogen and oxygen atoms in total. The van der Waals surface area contributed by atoms with Gasteiger partial charge in [-0.25, -0.2) is 0 Å². The number of rotatable bonds is 4. The fourth-order valence-electron chi connectivity index (χ4n) is 3.87. The molecule has 0 aromatic heterocycles. The highest BCUT2D eigenvalue weighted by Gasteiger charge is 2.27. The highest BCUT2D eigenvalue weighted by atomic mass is 16.5. The van der Waals surface area contributed by atoms with Crippen LogP contribution in [0.2, 0.25) is 0 Å². The first-order chi connectivity index (χ1) is 13.3. The van der Waals surface area contributed by atoms with Gasteiger partial charge in [0.2, 0.25) is 0 Å². The van der Waals surface area contributed by atoms with E-state index in [0.717, 1.165) is 43.1 Å². The van der Waals surface area contributed by atoms with Gasteiger partial charge in [-0.2, -0.15) is 0 Å². The van der Waals surface area contributed by atoms with E-state index >= 15 is 0 Å². The van der Waals surface area contributed by atoms with Crippen molar-refractivity contribution in [2.75, 3.05) is 31.1 Å². The standard InChI is InChI=1S/C24H32N2O2/c1-16-14-18(3)20(5)23(15-16)28-21(6)24(27)26-12-10-25(11-13-26)22-9-7-8-17(2)19(22)4/h7-9,14-15,21H,10-13H2,1-6H3/t21-/m1/s1. The number of ether oxygens (including phenoxy) is 1. The number of hydrogen-bond acceptors (Lipinski definition) is 3. The van der Waals surface area contributed by atoms with Crippen molar-refractivity contribution in [3.05, 3.63) is 58.1 Å². The summed E-state index contributed by atoms with van der Waals surface area (Å²) in [5.41, 5.74) is 7.36. The monoisotopic (exact) mass is 380 g/mol. The fourth-order valence-corrected chi connectivity index (χ4v) is 3.87. The Balaban J connectivity index is 1.63. The fraction of sp³-hybridized carbons (Fsp3) is 0.458. The van der Waals surface area contributed by atoms with Crippen molar-refractivity contribution in [1.82, 2.24) is 4.90 Å². The Labute approximate surface area is 169 Å². The van der Waals surface area contributed by atoms with Crippen molar-refractivity contribution in [3.63, 3.8) is 0 Å². The molecule has 1 saturated heterocycles. The second-order valence-corrected chi connectivity index (χ2v) is 8.00. The Kier molecular flexibility index (Phi) is 5.97. The van der Waals surface area contributed by atoms with Gasteiger partial charge >= 0.3 is 0 Å². The first-order valence-corrected chi connectivity index (χ1v) is 10.1. The van der Waals surface area contributed by atoms with Crippen LogP contribution in [0.15, 0.2) is 30.3 Å². The van der Waals surface area contributed by atoms with Gasteiger partial charge in [0.25, 0.3) is 5.91 Å². The number of amides is 1. The Bertz CT molecular complexity index is 867. The first-order valence-electron chi connectivity index (χ1n) is 10.1. The molecule has 1 atom stereocenters. The van der Waals surface area contributed by atoms with Crippen molar-refractivity contribution < 1.29 is 9.53 Å². The van der Waals surface area contributed by atoms with Gasteiger partial charge in [0, 0.05) is 31.9 Å². The molecule has 0 radical (unpaired) electrons. The maximum absolute atomic E-state index is 12.9. The molecule has 0 N–H and O–H groups in total. The SMILES string of the molecule is Cc1cc(C)c(C)c(O[C@H](C)C(=O)N2CCN(c3cccc(C)c3C)CC2)c1. The zero-order valence-electron chi connectivity index (χ0n) is 18.0. The van der Waals surface area contributed by atoms with E-state index in [2.05, 4.69) is 56.9 Å². The van der Waals surface area contributed by atoms with Crippen LogP contribution in [0.5, 0.6) is 5.75 Å². The number of anilines is 1. The van der Waals surface area contributed by atoms with Gasteiger partial charge in [-0.15, -0.1) is 0 Å². The molecule has 150 valence electrons. The van der Waals surface area contributed by atoms with E-state index in [1.165, 1.54) is 22.4 Å². The van der Waals surface area contributed by atoms with Gasteiger partial charge in [-0.1, -0.05) is 18.2 Å². The lowest BCUT2D eigenvalue weighted by Crippen LogP contribution is -2.52. The number of aryl methyl sites for hydroxylation is 3. The molecule has 0 saturated carbocycles. The molecule has 0 unspecified atom stereocenters. The minimum absolute atomic E-state index is 0.0687. The summed E-state index contributed by atoms with van der Waals surface area (Å²) in [6.07, 6.45) is -0.479. The summed E-state index contributed by atoms with van der Waals surface area (Å²) in [4.78, 5) is 17.2. The molecule has 2 aromatic rings. The van der Waals surface area contributed by atoms with Crippen molar-refractivity contribution in [3.8, 4) is 5.75 Å². The van der Waals surface area contributed by atoms with Gasteiger partial charge in [0.15, 0.2) is 6.10 Å². The molecule has 1 heterocycles. The van der Waals surface area contributed by atoms with E-state index in [1.807, 2.05) is 24.8 Å². The second-order valence-electron chi connectivity index (χ2n) is 8.00. The largest absolute Gasteiger partial charge is 0.481 e. The molecule has 1 fully saturated rings. The van der Waals surface area contributed by atoms with Gasteiger partial charge in [0.1, 0.15) is 5.75 Å². The van der Waals surface area contributed by atoms with Gasteiger partial charge in [0.05, 0.1) is 0 Å². The molecule has 1 amide bonds. The van der Waals surface area contributed by atoms with Crippen LogP contribution in [0.1, 0.15) is 34.7 Å². The Morgan fingerprint density at radius 2 is 1.61 bits per heavy atom. The van der Waals surface area contributed by atoms with Crippen LogP contribution in [0.4, 0.5) is 5.69 Å². The summed E-state index contributed by atoms with van der Waals surface area (Å²) in [7, 11) is 0. The number of nitrogens with zero attached hydrogens (tertiary/aromatic N) is 2. The molecule has 0 bridgehead atoms. The number of carbonyl (C=O) groups excluding carboxylic acids is 1. The van der Waals surface area contributed by atoms with Crippen LogP contribution >= 0.6 is 0 Å². The number of piperazine rings is 1. The van der Waals surface area contributed by atoms with Gasteiger partial charge in [-0.3, -0.25) is 4.79 Å². The molecular formula is C24H32N2O2. The zero-order valence-corrected chi connectivity index (χ0v) is 18.0. The van der Waals surface area contributed by atoms with Crippen LogP contribution in [0.25, 0.3) is 0 Å². The average molecular weight is 381 g/mol. The quantitative estimate of drug-likeness (QED) is 0.791. The number of carbonyl (C=O) groups is 1. The van der Waals surface area contributed by atoms with E-state index in [-0.39, 0.29) is 5.91 Å². The molecular weight excluding hydrogens is 348 g/mol. The molecule has 1 aliphatic rings. The Morgan fingerprint density at radius 3 is 2.29 bits per heavy atom. The topological polar surface area (TPSA) is 32.8 Å². The highest BCUT2D eigenvalue weighted by molar-refractivity contribution is 5.81. The summed E-state index contributed by atoms with van der Waals surface area (Å²) < 4.78 is 6.06. The van der Waals surface area contributed by atoms with Gasteiger partial charge < -0.3 is 14.5 Å². The maximum Gasteiger partial charge on any atom is 0.263 e. The molecule has 1 aliphatic heterocycles. The first kappa shape index (κ1) is 20.2. The number of benzene rings is 2. The number of hydrogen-bond donors (Lipinski definition) is 0. The van der Waals surface area contributed by atoms with Crippen LogP contribution in [0.3, 0.4) is 0 Å². The van der Waals surface area contributed by atoms with E-state index in [4.69, 9.17) is 4.74 Å². The van der Waals surface area contributed by atoms with E-state index in [9.17, 15) is 4.79 Å². The summed E-state index contributed by atoms with van der Waals surface area (Å²) in [5, 5.41) is 0. The molecule has 28 heavy (non-hydrogen) atoms. The summed E-state index contributed by atoms with van der Waals surface area (Å²) in [5.74, 6) is 0.881. The maximum atomic E-state index is 12.9. The Hall–Kier alpha value is -2.49. The molecule has 0 spiro atoms. The van der Waals surface area contributed by atoms with E-state index < -0.39 is 6.10 Å². The zero-order chi connectivity index (χ0) is 20.4. The van der Waals surface area contributed by atoms with E-state index in [1.54, 1.807) is 0 Å². The predicted octanol–water partition coefficient (Wildman–Crippen LogP) is 4.34. The van der Waals surface area contributed by atoms with Crippen LogP contribution in [-0.2, 0) is 4.79 Å². The molecule has 3 rings (SSSR count). The normalized spacial score (nSPS) is 15.5. The van der Waals surface area contributed by atoms with Crippen molar-refractivity contribution in [2.45, 2.75) is 47.6 Å². The van der Waals surface area contributed by atoms with Crippen LogP contribution in [-0.4, -0.2) is 43.1 Å².